The summed E-state index contributed by atoms with van der Waals surface area (Å²) < 4.78 is 0. The van der Waals surface area contributed by atoms with Crippen molar-refractivity contribution < 1.29 is 0 Å². The van der Waals surface area contributed by atoms with E-state index in [2.05, 4.69) is 73.0 Å². The third-order valence-corrected chi connectivity index (χ3v) is 7.68. The minimum Gasteiger partial charge on any atom is -0.385 e. The van der Waals surface area contributed by atoms with Gasteiger partial charge in [-0.15, -0.1) is 0 Å². The zero-order valence-electron chi connectivity index (χ0n) is 22.8. The van der Waals surface area contributed by atoms with Crippen LogP contribution >= 0.6 is 11.8 Å². The van der Waals surface area contributed by atoms with Crippen LogP contribution in [0.15, 0.2) is 58.3 Å². The van der Waals surface area contributed by atoms with E-state index in [4.69, 9.17) is 0 Å². The van der Waals surface area contributed by atoms with Gasteiger partial charge in [0.25, 0.3) is 0 Å². The summed E-state index contributed by atoms with van der Waals surface area (Å²) in [6, 6.07) is 17.8. The fraction of sp³-hybridized carbons (Fsp3) is 0.625. The molecular weight excluding hydrogens is 444 g/mol. The predicted octanol–water partition coefficient (Wildman–Crippen LogP) is 10.9. The first-order chi connectivity index (χ1) is 17.3. The average Bonchev–Trinajstić information content (AvgIpc) is 2.88. The van der Waals surface area contributed by atoms with E-state index in [1.807, 2.05) is 11.8 Å². The normalized spacial score (nSPS) is 11.0. The third-order valence-electron chi connectivity index (χ3n) is 6.66. The van der Waals surface area contributed by atoms with Crippen molar-refractivity contribution in [3.05, 3.63) is 48.5 Å². The van der Waals surface area contributed by atoms with Gasteiger partial charge in [0.2, 0.25) is 0 Å². The molecule has 35 heavy (non-hydrogen) atoms. The monoisotopic (exact) mass is 496 g/mol. The Kier molecular flexibility index (Phi) is 17.4. The van der Waals surface area contributed by atoms with Gasteiger partial charge >= 0.3 is 0 Å². The maximum absolute atomic E-state index is 3.58. The van der Waals surface area contributed by atoms with Crippen LogP contribution in [-0.4, -0.2) is 13.1 Å². The fourth-order valence-corrected chi connectivity index (χ4v) is 5.22. The molecule has 0 aromatic heterocycles. The van der Waals surface area contributed by atoms with Gasteiger partial charge in [0.1, 0.15) is 0 Å². The largest absolute Gasteiger partial charge is 0.385 e. The maximum Gasteiger partial charge on any atom is 0.0340 e. The number of hydrogen-bond acceptors (Lipinski definition) is 3. The van der Waals surface area contributed by atoms with E-state index in [9.17, 15) is 0 Å². The van der Waals surface area contributed by atoms with Crippen LogP contribution in [0.5, 0.6) is 0 Å². The highest BCUT2D eigenvalue weighted by molar-refractivity contribution is 7.99. The van der Waals surface area contributed by atoms with Gasteiger partial charge in [0.05, 0.1) is 0 Å². The molecule has 3 heteroatoms. The molecule has 0 aliphatic heterocycles. The lowest BCUT2D eigenvalue weighted by atomic mass is 10.1. The summed E-state index contributed by atoms with van der Waals surface area (Å²) in [7, 11) is 0. The molecule has 0 atom stereocenters. The molecule has 0 unspecified atom stereocenters. The highest BCUT2D eigenvalue weighted by Crippen LogP contribution is 2.29. The summed E-state index contributed by atoms with van der Waals surface area (Å²) in [4.78, 5) is 2.59. The van der Waals surface area contributed by atoms with Crippen molar-refractivity contribution in [2.24, 2.45) is 0 Å². The van der Waals surface area contributed by atoms with E-state index in [0.717, 1.165) is 13.1 Å². The van der Waals surface area contributed by atoms with Gasteiger partial charge in [-0.3, -0.25) is 0 Å². The van der Waals surface area contributed by atoms with Gasteiger partial charge in [-0.1, -0.05) is 116 Å². The van der Waals surface area contributed by atoms with E-state index < -0.39 is 0 Å². The second kappa shape index (κ2) is 20.6. The van der Waals surface area contributed by atoms with Crippen molar-refractivity contribution in [1.29, 1.82) is 0 Å². The number of hydrogen-bond donors (Lipinski definition) is 2. The van der Waals surface area contributed by atoms with E-state index in [0.29, 0.717) is 0 Å². The molecule has 0 saturated carbocycles. The molecule has 0 heterocycles. The van der Waals surface area contributed by atoms with E-state index in [-0.39, 0.29) is 0 Å². The van der Waals surface area contributed by atoms with Crippen molar-refractivity contribution in [1.82, 2.24) is 0 Å². The molecule has 0 amide bonds. The minimum atomic E-state index is 1.08. The first kappa shape index (κ1) is 29.6. The molecule has 0 fully saturated rings. The number of unbranched alkanes of at least 4 members (excludes halogenated alkanes) is 14. The summed E-state index contributed by atoms with van der Waals surface area (Å²) in [6.07, 6.45) is 21.9. The smallest absolute Gasteiger partial charge is 0.0340 e. The molecule has 0 radical (unpaired) electrons. The van der Waals surface area contributed by atoms with Crippen LogP contribution in [0.2, 0.25) is 0 Å². The lowest BCUT2D eigenvalue weighted by Gasteiger charge is -2.09. The van der Waals surface area contributed by atoms with E-state index in [1.165, 1.54) is 124 Å². The molecule has 2 aromatic carbocycles. The predicted molar refractivity (Wildman–Crippen MR) is 159 cm³/mol. The Morgan fingerprint density at radius 2 is 0.743 bits per heavy atom. The molecule has 0 saturated heterocycles. The van der Waals surface area contributed by atoms with Gasteiger partial charge in [-0.25, -0.2) is 0 Å². The Labute approximate surface area is 221 Å². The van der Waals surface area contributed by atoms with Gasteiger partial charge in [-0.2, -0.15) is 0 Å². The highest BCUT2D eigenvalue weighted by Gasteiger charge is 2.00. The second-order valence-corrected chi connectivity index (χ2v) is 11.1. The van der Waals surface area contributed by atoms with Crippen LogP contribution in [0.4, 0.5) is 11.4 Å². The Morgan fingerprint density at radius 3 is 1.09 bits per heavy atom. The number of benzene rings is 2. The highest BCUT2D eigenvalue weighted by atomic mass is 32.2. The van der Waals surface area contributed by atoms with Crippen molar-refractivity contribution in [3.63, 3.8) is 0 Å². The molecule has 2 rings (SSSR count). The van der Waals surface area contributed by atoms with Crippen LogP contribution < -0.4 is 10.6 Å². The third kappa shape index (κ3) is 15.2. The Hall–Kier alpha value is -1.61. The molecule has 196 valence electrons. The summed E-state index contributed by atoms with van der Waals surface area (Å²) in [5, 5.41) is 7.16. The van der Waals surface area contributed by atoms with E-state index in [1.54, 1.807) is 0 Å². The van der Waals surface area contributed by atoms with Crippen LogP contribution in [0.3, 0.4) is 0 Å². The molecule has 2 N–H and O–H groups in total. The Balaban J connectivity index is 1.54. The summed E-state index contributed by atoms with van der Waals surface area (Å²) >= 11 is 1.84. The Morgan fingerprint density at radius 1 is 0.429 bits per heavy atom. The summed E-state index contributed by atoms with van der Waals surface area (Å²) in [6.45, 7) is 6.72. The lowest BCUT2D eigenvalue weighted by molar-refractivity contribution is 0.581. The standard InChI is InChI=1S/C32H52N2S/c1-3-5-7-9-11-13-15-17-27-33-29-19-23-31(24-20-29)35-32-25-21-30(22-26-32)34-28-18-16-14-12-10-8-6-4-2/h19-26,33-34H,3-18,27-28H2,1-2H3. The number of rotatable bonds is 22. The van der Waals surface area contributed by atoms with Crippen LogP contribution in [-0.2, 0) is 0 Å². The first-order valence-electron chi connectivity index (χ1n) is 14.7. The number of nitrogens with one attached hydrogen (secondary N) is 2. The van der Waals surface area contributed by atoms with Gasteiger partial charge < -0.3 is 10.6 Å². The van der Waals surface area contributed by atoms with Crippen molar-refractivity contribution >= 4 is 23.1 Å². The van der Waals surface area contributed by atoms with Gasteiger partial charge in [0, 0.05) is 34.3 Å². The van der Waals surface area contributed by atoms with Gasteiger partial charge in [-0.05, 0) is 61.4 Å². The molecule has 0 aliphatic carbocycles. The fourth-order valence-electron chi connectivity index (χ4n) is 4.40. The Bertz CT molecular complexity index is 663. The van der Waals surface area contributed by atoms with Crippen LogP contribution in [0, 0.1) is 0 Å². The van der Waals surface area contributed by atoms with Gasteiger partial charge in [0.15, 0.2) is 0 Å². The molecule has 0 bridgehead atoms. The quantitative estimate of drug-likeness (QED) is 0.158. The van der Waals surface area contributed by atoms with E-state index >= 15 is 0 Å². The molecule has 0 aliphatic rings. The molecule has 0 spiro atoms. The summed E-state index contributed by atoms with van der Waals surface area (Å²) in [5.74, 6) is 0. The molecular formula is C32H52N2S. The second-order valence-electron chi connectivity index (χ2n) is 9.95. The molecule has 2 aromatic rings. The number of anilines is 2. The maximum atomic E-state index is 3.58. The zero-order valence-corrected chi connectivity index (χ0v) is 23.6. The first-order valence-corrected chi connectivity index (χ1v) is 15.5. The van der Waals surface area contributed by atoms with Crippen molar-refractivity contribution in [2.75, 3.05) is 23.7 Å². The van der Waals surface area contributed by atoms with Crippen molar-refractivity contribution in [2.45, 2.75) is 126 Å². The van der Waals surface area contributed by atoms with Crippen LogP contribution in [0.25, 0.3) is 0 Å². The SMILES string of the molecule is CCCCCCCCCCNc1ccc(Sc2ccc(NCCCCCCCCCC)cc2)cc1. The summed E-state index contributed by atoms with van der Waals surface area (Å²) in [5.41, 5.74) is 2.47. The van der Waals surface area contributed by atoms with Crippen LogP contribution in [0.1, 0.15) is 117 Å². The average molecular weight is 497 g/mol. The van der Waals surface area contributed by atoms with Crippen molar-refractivity contribution in [3.8, 4) is 0 Å². The minimum absolute atomic E-state index is 1.08. The topological polar surface area (TPSA) is 24.1 Å². The lowest BCUT2D eigenvalue weighted by Crippen LogP contribution is -2.01. The zero-order chi connectivity index (χ0) is 24.8. The molecule has 2 nitrogen and oxygen atoms in total.